The van der Waals surface area contributed by atoms with Gasteiger partial charge in [0.05, 0.1) is 11.0 Å². The smallest absolute Gasteiger partial charge is 0.0619 e. The zero-order valence-electron chi connectivity index (χ0n) is 26.4. The fourth-order valence-corrected chi connectivity index (χ4v) is 7.08. The molecule has 0 aliphatic rings. The summed E-state index contributed by atoms with van der Waals surface area (Å²) in [5.41, 5.74) is 13.2. The van der Waals surface area contributed by atoms with Gasteiger partial charge in [-0.1, -0.05) is 140 Å². The van der Waals surface area contributed by atoms with E-state index in [1.54, 1.807) is 0 Å². The molecule has 0 N–H and O–H groups in total. The molecule has 0 atom stereocenters. The monoisotopic (exact) mass is 612 g/mol. The largest absolute Gasteiger partial charge is 0.315 e. The van der Waals surface area contributed by atoms with E-state index in [0.29, 0.717) is 0 Å². The highest BCUT2D eigenvalue weighted by Crippen LogP contribution is 2.41. The van der Waals surface area contributed by atoms with Gasteiger partial charge in [0.15, 0.2) is 0 Å². The first kappa shape index (κ1) is 27.9. The molecule has 9 aromatic rings. The van der Waals surface area contributed by atoms with Crippen molar-refractivity contribution in [3.8, 4) is 33.4 Å². The number of rotatable bonds is 6. The molecule has 2 heterocycles. The Kier molecular flexibility index (Phi) is 6.84. The highest BCUT2D eigenvalue weighted by atomic mass is 15.1. The molecule has 0 saturated carbocycles. The van der Waals surface area contributed by atoms with Crippen molar-refractivity contribution in [2.45, 2.75) is 0 Å². The van der Waals surface area contributed by atoms with E-state index in [2.05, 4.69) is 204 Å². The molecule has 0 bridgehead atoms. The van der Waals surface area contributed by atoms with Gasteiger partial charge in [-0.15, -0.1) is 0 Å². The summed E-state index contributed by atoms with van der Waals surface area (Å²) in [4.78, 5) is 2.29. The average molecular weight is 613 g/mol. The molecule has 0 aliphatic heterocycles. The Balaban J connectivity index is 1.08. The zero-order chi connectivity index (χ0) is 31.9. The number of hydrogen-bond acceptors (Lipinski definition) is 1. The molecule has 2 aromatic heterocycles. The Morgan fingerprint density at radius 3 is 1.50 bits per heavy atom. The minimum absolute atomic E-state index is 1.13. The van der Waals surface area contributed by atoms with Crippen LogP contribution in [0.5, 0.6) is 0 Å². The third-order valence-electron chi connectivity index (χ3n) is 9.39. The Hall–Kier alpha value is -6.38. The van der Waals surface area contributed by atoms with Gasteiger partial charge in [-0.3, -0.25) is 0 Å². The number of para-hydroxylation sites is 2. The van der Waals surface area contributed by atoms with Gasteiger partial charge in [0.1, 0.15) is 0 Å². The predicted octanol–water partition coefficient (Wildman–Crippen LogP) is 12.7. The number of nitrogens with zero attached hydrogens (tertiary/aromatic N) is 2. The summed E-state index contributed by atoms with van der Waals surface area (Å²) in [5.74, 6) is 0. The molecule has 0 aliphatic carbocycles. The lowest BCUT2D eigenvalue weighted by molar-refractivity contribution is 1.27. The molecule has 0 fully saturated rings. The Morgan fingerprint density at radius 1 is 0.354 bits per heavy atom. The van der Waals surface area contributed by atoms with E-state index in [1.165, 1.54) is 60.6 Å². The van der Waals surface area contributed by atoms with Crippen molar-refractivity contribution in [2.24, 2.45) is 0 Å². The third-order valence-corrected chi connectivity index (χ3v) is 9.39. The fraction of sp³-hybridized carbons (Fsp3) is 0. The third kappa shape index (κ3) is 4.83. The van der Waals surface area contributed by atoms with Crippen molar-refractivity contribution in [1.29, 1.82) is 0 Å². The maximum atomic E-state index is 2.37. The molecule has 226 valence electrons. The van der Waals surface area contributed by atoms with Crippen LogP contribution in [0.4, 0.5) is 17.1 Å². The van der Waals surface area contributed by atoms with Gasteiger partial charge in [0.2, 0.25) is 0 Å². The minimum Gasteiger partial charge on any atom is -0.315 e. The molecular weight excluding hydrogens is 581 g/mol. The van der Waals surface area contributed by atoms with E-state index >= 15 is 0 Å². The number of aromatic nitrogens is 1. The average Bonchev–Trinajstić information content (AvgIpc) is 3.51. The molecule has 2 heteroatoms. The van der Waals surface area contributed by atoms with E-state index < -0.39 is 0 Å². The van der Waals surface area contributed by atoms with Gasteiger partial charge in [-0.25, -0.2) is 0 Å². The topological polar surface area (TPSA) is 7.65 Å². The number of anilines is 3. The molecule has 0 unspecified atom stereocenters. The quantitative estimate of drug-likeness (QED) is 0.181. The standard InChI is InChI=1S/C46H32N2/c1-4-13-37(14-5-1)45-43-29-26-38(32-44(43)47-31-30-36-12-10-11-19-42(36)46(45)47)35-22-20-33(21-23-35)34-24-27-41(28-25-34)48(39-15-6-2-7-16-39)40-17-8-3-9-18-40/h1-32H. The second kappa shape index (κ2) is 11.8. The summed E-state index contributed by atoms with van der Waals surface area (Å²) in [6, 6.07) is 67.5. The summed E-state index contributed by atoms with van der Waals surface area (Å²) in [6.07, 6.45) is 2.22. The summed E-state index contributed by atoms with van der Waals surface area (Å²) in [6.45, 7) is 0. The number of pyridine rings is 1. The maximum Gasteiger partial charge on any atom is 0.0619 e. The van der Waals surface area contributed by atoms with Crippen LogP contribution in [-0.2, 0) is 0 Å². The zero-order valence-corrected chi connectivity index (χ0v) is 26.4. The Bertz CT molecular complexity index is 2470. The van der Waals surface area contributed by atoms with Crippen LogP contribution in [0.25, 0.3) is 60.6 Å². The van der Waals surface area contributed by atoms with Crippen LogP contribution in [0.15, 0.2) is 194 Å². The summed E-state index contributed by atoms with van der Waals surface area (Å²) in [7, 11) is 0. The van der Waals surface area contributed by atoms with Crippen LogP contribution in [-0.4, -0.2) is 4.40 Å². The molecule has 0 saturated heterocycles. The van der Waals surface area contributed by atoms with Gasteiger partial charge in [-0.2, -0.15) is 0 Å². The lowest BCUT2D eigenvalue weighted by Gasteiger charge is -2.25. The first-order valence-corrected chi connectivity index (χ1v) is 16.4. The molecule has 9 rings (SSSR count). The van der Waals surface area contributed by atoms with Gasteiger partial charge in [0, 0.05) is 39.6 Å². The molecule has 2 nitrogen and oxygen atoms in total. The Labute approximate surface area is 280 Å². The van der Waals surface area contributed by atoms with Gasteiger partial charge in [0.25, 0.3) is 0 Å². The van der Waals surface area contributed by atoms with Crippen molar-refractivity contribution in [3.05, 3.63) is 194 Å². The molecule has 0 radical (unpaired) electrons. The molecule has 0 amide bonds. The molecule has 0 spiro atoms. The second-order valence-corrected chi connectivity index (χ2v) is 12.2. The number of hydrogen-bond donors (Lipinski definition) is 0. The SMILES string of the molecule is c1ccc(-c2c3ccc(-c4ccc(-c5ccc(N(c6ccccc6)c6ccccc6)cc5)cc4)cc3n3ccc4ccccc4c23)cc1. The van der Waals surface area contributed by atoms with Crippen LogP contribution in [0.1, 0.15) is 0 Å². The summed E-state index contributed by atoms with van der Waals surface area (Å²) < 4.78 is 2.37. The number of benzene rings is 7. The van der Waals surface area contributed by atoms with Crippen LogP contribution in [0, 0.1) is 0 Å². The van der Waals surface area contributed by atoms with Gasteiger partial charge in [-0.05, 0) is 81.7 Å². The Morgan fingerprint density at radius 2 is 0.854 bits per heavy atom. The van der Waals surface area contributed by atoms with Crippen LogP contribution >= 0.6 is 0 Å². The molecule has 7 aromatic carbocycles. The molecular formula is C46H32N2. The highest BCUT2D eigenvalue weighted by Gasteiger charge is 2.17. The summed E-state index contributed by atoms with van der Waals surface area (Å²) in [5, 5.41) is 3.78. The normalized spacial score (nSPS) is 11.3. The first-order chi connectivity index (χ1) is 23.8. The lowest BCUT2D eigenvalue weighted by atomic mass is 9.97. The second-order valence-electron chi connectivity index (χ2n) is 12.2. The van der Waals surface area contributed by atoms with Crippen molar-refractivity contribution < 1.29 is 0 Å². The van der Waals surface area contributed by atoms with E-state index in [1.807, 2.05) is 0 Å². The minimum atomic E-state index is 1.13. The van der Waals surface area contributed by atoms with Crippen LogP contribution < -0.4 is 4.90 Å². The lowest BCUT2D eigenvalue weighted by Crippen LogP contribution is -2.09. The van der Waals surface area contributed by atoms with E-state index in [0.717, 1.165) is 17.1 Å². The highest BCUT2D eigenvalue weighted by molar-refractivity contribution is 6.15. The van der Waals surface area contributed by atoms with Gasteiger partial charge >= 0.3 is 0 Å². The van der Waals surface area contributed by atoms with Crippen molar-refractivity contribution in [3.63, 3.8) is 0 Å². The summed E-state index contributed by atoms with van der Waals surface area (Å²) >= 11 is 0. The van der Waals surface area contributed by atoms with Gasteiger partial charge < -0.3 is 9.30 Å². The van der Waals surface area contributed by atoms with Crippen molar-refractivity contribution >= 4 is 44.3 Å². The van der Waals surface area contributed by atoms with Crippen molar-refractivity contribution in [2.75, 3.05) is 4.90 Å². The van der Waals surface area contributed by atoms with E-state index in [-0.39, 0.29) is 0 Å². The first-order valence-electron chi connectivity index (χ1n) is 16.4. The maximum absolute atomic E-state index is 2.37. The van der Waals surface area contributed by atoms with Crippen molar-refractivity contribution in [1.82, 2.24) is 4.40 Å². The number of fused-ring (bicyclic) bond motifs is 5. The predicted molar refractivity (Wildman–Crippen MR) is 203 cm³/mol. The van der Waals surface area contributed by atoms with E-state index in [4.69, 9.17) is 0 Å². The van der Waals surface area contributed by atoms with Crippen LogP contribution in [0.2, 0.25) is 0 Å². The van der Waals surface area contributed by atoms with E-state index in [9.17, 15) is 0 Å². The molecule has 48 heavy (non-hydrogen) atoms. The van der Waals surface area contributed by atoms with Crippen LogP contribution in [0.3, 0.4) is 0 Å². The fourth-order valence-electron chi connectivity index (χ4n) is 7.08.